The van der Waals surface area contributed by atoms with Crippen molar-refractivity contribution in [1.82, 2.24) is 0 Å². The van der Waals surface area contributed by atoms with Gasteiger partial charge in [0, 0.05) is 25.2 Å². The summed E-state index contributed by atoms with van der Waals surface area (Å²) in [5.41, 5.74) is 6.58. The van der Waals surface area contributed by atoms with Gasteiger partial charge >= 0.3 is 0 Å². The SMILES string of the molecule is COCCC(C)(O)CC(N)C1(c2ccc(F)cc2)CCC1. The van der Waals surface area contributed by atoms with Gasteiger partial charge in [0.25, 0.3) is 0 Å². The van der Waals surface area contributed by atoms with E-state index in [9.17, 15) is 9.50 Å². The molecule has 1 aliphatic rings. The molecule has 2 rings (SSSR count). The van der Waals surface area contributed by atoms with E-state index in [-0.39, 0.29) is 17.3 Å². The molecule has 1 aliphatic carbocycles. The zero-order valence-electron chi connectivity index (χ0n) is 12.9. The van der Waals surface area contributed by atoms with Crippen LogP contribution < -0.4 is 5.73 Å². The zero-order valence-corrected chi connectivity index (χ0v) is 12.9. The van der Waals surface area contributed by atoms with Crippen molar-refractivity contribution >= 4 is 0 Å². The molecule has 1 aromatic carbocycles. The van der Waals surface area contributed by atoms with E-state index in [1.165, 1.54) is 12.1 Å². The number of methoxy groups -OCH3 is 1. The normalized spacial score (nSPS) is 21.4. The number of rotatable bonds is 7. The average molecular weight is 295 g/mol. The Bertz CT molecular complexity index is 454. The van der Waals surface area contributed by atoms with Crippen LogP contribution in [0.1, 0.15) is 44.6 Å². The van der Waals surface area contributed by atoms with E-state index in [1.54, 1.807) is 7.11 Å². The maximum Gasteiger partial charge on any atom is 0.123 e. The van der Waals surface area contributed by atoms with Crippen LogP contribution in [0.4, 0.5) is 4.39 Å². The molecule has 3 N–H and O–H groups in total. The first kappa shape index (κ1) is 16.4. The van der Waals surface area contributed by atoms with E-state index >= 15 is 0 Å². The molecular formula is C17H26FNO2. The average Bonchev–Trinajstić information content (AvgIpc) is 2.37. The highest BCUT2D eigenvalue weighted by atomic mass is 19.1. The number of halogens is 1. The van der Waals surface area contributed by atoms with E-state index < -0.39 is 5.60 Å². The molecule has 1 aromatic rings. The number of ether oxygens (including phenoxy) is 1. The number of aliphatic hydroxyl groups is 1. The topological polar surface area (TPSA) is 55.5 Å². The van der Waals surface area contributed by atoms with Gasteiger partial charge in [-0.15, -0.1) is 0 Å². The van der Waals surface area contributed by atoms with Crippen LogP contribution in [0.3, 0.4) is 0 Å². The predicted octanol–water partition coefficient (Wildman–Crippen LogP) is 2.75. The van der Waals surface area contributed by atoms with Crippen LogP contribution in [0, 0.1) is 5.82 Å². The van der Waals surface area contributed by atoms with Crippen LogP contribution in [0.5, 0.6) is 0 Å². The maximum absolute atomic E-state index is 13.1. The monoisotopic (exact) mass is 295 g/mol. The lowest BCUT2D eigenvalue weighted by Gasteiger charge is -2.48. The highest BCUT2D eigenvalue weighted by Gasteiger charge is 2.45. The van der Waals surface area contributed by atoms with E-state index in [2.05, 4.69) is 0 Å². The van der Waals surface area contributed by atoms with Gasteiger partial charge in [0.15, 0.2) is 0 Å². The first-order valence-electron chi connectivity index (χ1n) is 7.63. The molecule has 0 aromatic heterocycles. The first-order chi connectivity index (χ1) is 9.89. The zero-order chi connectivity index (χ0) is 15.5. The standard InChI is InChI=1S/C17H26FNO2/c1-16(20,10-11-21-2)12-15(19)17(8-3-9-17)13-4-6-14(18)7-5-13/h4-7,15,20H,3,8-12,19H2,1-2H3. The van der Waals surface area contributed by atoms with Crippen molar-refractivity contribution < 1.29 is 14.2 Å². The fraction of sp³-hybridized carbons (Fsp3) is 0.647. The Labute approximate surface area is 126 Å². The predicted molar refractivity (Wildman–Crippen MR) is 81.6 cm³/mol. The third-order valence-corrected chi connectivity index (χ3v) is 4.88. The smallest absolute Gasteiger partial charge is 0.123 e. The van der Waals surface area contributed by atoms with Gasteiger partial charge < -0.3 is 15.6 Å². The van der Waals surface area contributed by atoms with Gasteiger partial charge in [-0.2, -0.15) is 0 Å². The fourth-order valence-electron chi connectivity index (χ4n) is 3.31. The number of benzene rings is 1. The van der Waals surface area contributed by atoms with Gasteiger partial charge in [0.2, 0.25) is 0 Å². The van der Waals surface area contributed by atoms with Crippen LogP contribution in [0.15, 0.2) is 24.3 Å². The van der Waals surface area contributed by atoms with Crippen molar-refractivity contribution in [3.05, 3.63) is 35.6 Å². The second kappa shape index (κ2) is 6.42. The molecule has 0 aliphatic heterocycles. The van der Waals surface area contributed by atoms with Gasteiger partial charge in [-0.3, -0.25) is 0 Å². The molecule has 1 fully saturated rings. The van der Waals surface area contributed by atoms with E-state index in [1.807, 2.05) is 19.1 Å². The van der Waals surface area contributed by atoms with Crippen molar-refractivity contribution in [2.45, 2.75) is 56.1 Å². The third-order valence-electron chi connectivity index (χ3n) is 4.88. The molecule has 118 valence electrons. The summed E-state index contributed by atoms with van der Waals surface area (Å²) in [5, 5.41) is 10.5. The highest BCUT2D eigenvalue weighted by molar-refractivity contribution is 5.31. The minimum atomic E-state index is -0.835. The van der Waals surface area contributed by atoms with Gasteiger partial charge in [0.1, 0.15) is 5.82 Å². The van der Waals surface area contributed by atoms with Crippen molar-refractivity contribution in [3.63, 3.8) is 0 Å². The Morgan fingerprint density at radius 1 is 1.38 bits per heavy atom. The second-order valence-electron chi connectivity index (χ2n) is 6.57. The summed E-state index contributed by atoms with van der Waals surface area (Å²) in [6, 6.07) is 6.51. The Morgan fingerprint density at radius 2 is 2.00 bits per heavy atom. The molecule has 0 spiro atoms. The van der Waals surface area contributed by atoms with Crippen LogP contribution in [0.2, 0.25) is 0 Å². The van der Waals surface area contributed by atoms with E-state index in [0.29, 0.717) is 19.4 Å². The molecule has 21 heavy (non-hydrogen) atoms. The van der Waals surface area contributed by atoms with Crippen LogP contribution in [-0.2, 0) is 10.2 Å². The van der Waals surface area contributed by atoms with E-state index in [4.69, 9.17) is 10.5 Å². The molecule has 2 atom stereocenters. The number of hydrogen-bond acceptors (Lipinski definition) is 3. The van der Waals surface area contributed by atoms with Crippen LogP contribution in [-0.4, -0.2) is 30.5 Å². The van der Waals surface area contributed by atoms with Crippen molar-refractivity contribution in [3.8, 4) is 0 Å². The summed E-state index contributed by atoms with van der Waals surface area (Å²) < 4.78 is 18.2. The third kappa shape index (κ3) is 3.62. The summed E-state index contributed by atoms with van der Waals surface area (Å²) in [6.07, 6.45) is 4.22. The Hall–Kier alpha value is -0.970. The van der Waals surface area contributed by atoms with Crippen molar-refractivity contribution in [2.24, 2.45) is 5.73 Å². The first-order valence-corrected chi connectivity index (χ1v) is 7.63. The lowest BCUT2D eigenvalue weighted by Crippen LogP contribution is -2.53. The lowest BCUT2D eigenvalue weighted by molar-refractivity contribution is -0.00145. The van der Waals surface area contributed by atoms with E-state index in [0.717, 1.165) is 24.8 Å². The molecule has 2 unspecified atom stereocenters. The number of hydrogen-bond donors (Lipinski definition) is 2. The summed E-state index contributed by atoms with van der Waals surface area (Å²) in [6.45, 7) is 2.33. The Kier molecular flexibility index (Phi) is 5.02. The van der Waals surface area contributed by atoms with Gasteiger partial charge in [0.05, 0.1) is 5.60 Å². The lowest BCUT2D eigenvalue weighted by atomic mass is 9.58. The van der Waals surface area contributed by atoms with Crippen molar-refractivity contribution in [2.75, 3.05) is 13.7 Å². The van der Waals surface area contributed by atoms with Crippen molar-refractivity contribution in [1.29, 1.82) is 0 Å². The molecule has 1 saturated carbocycles. The minimum Gasteiger partial charge on any atom is -0.390 e. The summed E-state index contributed by atoms with van der Waals surface area (Å²) >= 11 is 0. The quantitative estimate of drug-likeness (QED) is 0.813. The molecule has 0 amide bonds. The van der Waals surface area contributed by atoms with Crippen LogP contribution in [0.25, 0.3) is 0 Å². The highest BCUT2D eigenvalue weighted by Crippen LogP contribution is 2.47. The van der Waals surface area contributed by atoms with Gasteiger partial charge in [-0.25, -0.2) is 4.39 Å². The van der Waals surface area contributed by atoms with Crippen LogP contribution >= 0.6 is 0 Å². The molecule has 0 radical (unpaired) electrons. The largest absolute Gasteiger partial charge is 0.390 e. The Morgan fingerprint density at radius 3 is 2.48 bits per heavy atom. The summed E-state index contributed by atoms with van der Waals surface area (Å²) in [4.78, 5) is 0. The van der Waals surface area contributed by atoms with Gasteiger partial charge in [-0.05, 0) is 50.3 Å². The number of nitrogens with two attached hydrogens (primary N) is 1. The van der Waals surface area contributed by atoms with Gasteiger partial charge in [-0.1, -0.05) is 18.6 Å². The minimum absolute atomic E-state index is 0.120. The molecule has 4 heteroatoms. The fourth-order valence-corrected chi connectivity index (χ4v) is 3.31. The summed E-state index contributed by atoms with van der Waals surface area (Å²) in [7, 11) is 1.63. The second-order valence-corrected chi connectivity index (χ2v) is 6.57. The molecule has 0 saturated heterocycles. The molecule has 0 bridgehead atoms. The summed E-state index contributed by atoms with van der Waals surface area (Å²) in [5.74, 6) is -0.228. The molecular weight excluding hydrogens is 269 g/mol. The Balaban J connectivity index is 2.11. The maximum atomic E-state index is 13.1. The molecule has 0 heterocycles. The molecule has 3 nitrogen and oxygen atoms in total.